The van der Waals surface area contributed by atoms with Crippen LogP contribution >= 0.6 is 11.6 Å². The lowest BCUT2D eigenvalue weighted by atomic mass is 10.1. The number of amides is 1. The van der Waals surface area contributed by atoms with E-state index in [1.54, 1.807) is 25.1 Å². The molecule has 0 fully saturated rings. The van der Waals surface area contributed by atoms with E-state index < -0.39 is 34.5 Å². The Kier molecular flexibility index (Phi) is 6.64. The van der Waals surface area contributed by atoms with Gasteiger partial charge in [-0.15, -0.1) is 0 Å². The number of benzene rings is 2. The summed E-state index contributed by atoms with van der Waals surface area (Å²) in [5, 5.41) is 13.6. The van der Waals surface area contributed by atoms with E-state index >= 15 is 0 Å². The first-order valence-electron chi connectivity index (χ1n) is 9.07. The van der Waals surface area contributed by atoms with E-state index in [2.05, 4.69) is 10.3 Å². The fraction of sp³-hybridized carbons (Fsp3) is 0.143. The number of hydrogen-bond acceptors (Lipinski definition) is 5. The van der Waals surface area contributed by atoms with E-state index in [0.29, 0.717) is 17.3 Å². The average molecular weight is 466 g/mol. The summed E-state index contributed by atoms with van der Waals surface area (Å²) in [4.78, 5) is 27.4. The Balaban J connectivity index is 1.98. The molecule has 0 unspecified atom stereocenters. The largest absolute Gasteiger partial charge is 0.467 e. The van der Waals surface area contributed by atoms with Crippen LogP contribution in [0, 0.1) is 17.0 Å². The summed E-state index contributed by atoms with van der Waals surface area (Å²) in [6.07, 6.45) is -6.09. The average Bonchev–Trinajstić information content (AvgIpc) is 2.74. The van der Waals surface area contributed by atoms with Gasteiger partial charge in [0.25, 0.3) is 5.91 Å². The van der Waals surface area contributed by atoms with E-state index in [9.17, 15) is 28.1 Å². The van der Waals surface area contributed by atoms with Gasteiger partial charge in [-0.1, -0.05) is 41.9 Å². The molecule has 1 aromatic heterocycles. The van der Waals surface area contributed by atoms with Gasteiger partial charge in [0, 0.05) is 12.5 Å². The summed E-state index contributed by atoms with van der Waals surface area (Å²) in [5.41, 5.74) is -0.621. The van der Waals surface area contributed by atoms with Crippen molar-refractivity contribution >= 4 is 29.0 Å². The number of anilines is 1. The molecule has 3 rings (SSSR count). The van der Waals surface area contributed by atoms with Crippen molar-refractivity contribution in [1.29, 1.82) is 0 Å². The third-order valence-electron chi connectivity index (χ3n) is 4.29. The third-order valence-corrected chi connectivity index (χ3v) is 4.62. The summed E-state index contributed by atoms with van der Waals surface area (Å²) >= 11 is 5.96. The Morgan fingerprint density at radius 1 is 1.16 bits per heavy atom. The number of carbonyl (C=O) groups is 1. The summed E-state index contributed by atoms with van der Waals surface area (Å²) in [7, 11) is 0. The van der Waals surface area contributed by atoms with Gasteiger partial charge >= 0.3 is 12.0 Å². The predicted octanol–water partition coefficient (Wildman–Crippen LogP) is 5.73. The number of nitrogens with zero attached hydrogens (tertiary/aromatic N) is 2. The molecule has 0 radical (unpaired) electrons. The number of nitrogens with one attached hydrogen (secondary N) is 1. The van der Waals surface area contributed by atoms with Gasteiger partial charge in [0.05, 0.1) is 16.3 Å². The van der Waals surface area contributed by atoms with Crippen LogP contribution in [0.4, 0.5) is 24.7 Å². The quantitative estimate of drug-likeness (QED) is 0.370. The number of aryl methyl sites for hydroxylation is 1. The highest BCUT2D eigenvalue weighted by atomic mass is 35.5. The van der Waals surface area contributed by atoms with Crippen LogP contribution in [-0.4, -0.2) is 15.8 Å². The van der Waals surface area contributed by atoms with Crippen molar-refractivity contribution in [3.05, 3.63) is 92.6 Å². The van der Waals surface area contributed by atoms with Crippen LogP contribution in [0.1, 0.15) is 22.9 Å². The fourth-order valence-electron chi connectivity index (χ4n) is 2.78. The van der Waals surface area contributed by atoms with E-state index in [1.165, 1.54) is 24.3 Å². The second-order valence-electron chi connectivity index (χ2n) is 6.62. The molecule has 1 amide bonds. The smallest absolute Gasteiger partial charge is 0.416 e. The Morgan fingerprint density at radius 3 is 2.47 bits per heavy atom. The molecule has 0 spiro atoms. The maximum atomic E-state index is 13.0. The van der Waals surface area contributed by atoms with Crippen molar-refractivity contribution < 1.29 is 27.6 Å². The van der Waals surface area contributed by atoms with Gasteiger partial charge < -0.3 is 20.2 Å². The molecule has 3 aromatic rings. The molecule has 0 saturated carbocycles. The summed E-state index contributed by atoms with van der Waals surface area (Å²) in [6.45, 7) is 1.55. The highest BCUT2D eigenvalue weighted by molar-refractivity contribution is 6.33. The lowest BCUT2D eigenvalue weighted by Crippen LogP contribution is -2.26. The number of pyridine rings is 1. The number of hydrogen-bond donors (Lipinski definition) is 1. The number of alkyl halides is 3. The monoisotopic (exact) mass is 465 g/mol. The first kappa shape index (κ1) is 23.0. The Morgan fingerprint density at radius 2 is 1.84 bits per heavy atom. The second kappa shape index (κ2) is 9.23. The molecular weight excluding hydrogens is 451 g/mol. The molecule has 166 valence electrons. The van der Waals surface area contributed by atoms with E-state index in [-0.39, 0.29) is 16.5 Å². The molecule has 0 saturated heterocycles. The van der Waals surface area contributed by atoms with Crippen molar-refractivity contribution in [3.8, 4) is 5.75 Å². The molecular formula is C21H15ClF3N3O4. The van der Waals surface area contributed by atoms with Crippen LogP contribution in [0.2, 0.25) is 5.02 Å². The molecule has 1 heterocycles. The topological polar surface area (TPSA) is 94.4 Å². The standard InChI is InChI=1S/C21H15ClF3N3O4/c1-12-7-10-17(19(26-12)28(30)31)32-18(13-5-3-2-4-6-13)20(29)27-16-11-14(21(23,24)25)8-9-15(16)22/h2-11,18H,1H3,(H,27,29)/t18-/m0/s1. The molecule has 0 aliphatic carbocycles. The minimum atomic E-state index is -4.65. The zero-order valence-corrected chi connectivity index (χ0v) is 17.1. The Hall–Kier alpha value is -3.66. The van der Waals surface area contributed by atoms with Gasteiger partial charge in [-0.2, -0.15) is 13.2 Å². The van der Waals surface area contributed by atoms with Crippen LogP contribution < -0.4 is 10.1 Å². The first-order valence-corrected chi connectivity index (χ1v) is 9.45. The van der Waals surface area contributed by atoms with Gasteiger partial charge in [-0.25, -0.2) is 0 Å². The van der Waals surface area contributed by atoms with Gasteiger partial charge in [0.15, 0.2) is 0 Å². The summed E-state index contributed by atoms with van der Waals surface area (Å²) < 4.78 is 44.8. The van der Waals surface area contributed by atoms with Gasteiger partial charge in [-0.3, -0.25) is 4.79 Å². The lowest BCUT2D eigenvalue weighted by Gasteiger charge is -2.20. The van der Waals surface area contributed by atoms with Crippen LogP contribution in [0.5, 0.6) is 5.75 Å². The van der Waals surface area contributed by atoms with Crippen LogP contribution in [0.25, 0.3) is 0 Å². The van der Waals surface area contributed by atoms with E-state index in [4.69, 9.17) is 16.3 Å². The maximum Gasteiger partial charge on any atom is 0.416 e. The number of carbonyl (C=O) groups excluding carboxylic acids is 1. The number of nitro groups is 1. The van der Waals surface area contributed by atoms with Crippen molar-refractivity contribution in [2.24, 2.45) is 0 Å². The number of ether oxygens (including phenoxy) is 1. The highest BCUT2D eigenvalue weighted by Gasteiger charge is 2.32. The zero-order valence-electron chi connectivity index (χ0n) is 16.4. The summed E-state index contributed by atoms with van der Waals surface area (Å²) in [6, 6.07) is 13.2. The van der Waals surface area contributed by atoms with Crippen molar-refractivity contribution in [3.63, 3.8) is 0 Å². The van der Waals surface area contributed by atoms with Gasteiger partial charge in [0.1, 0.15) is 5.69 Å². The van der Waals surface area contributed by atoms with Crippen LogP contribution in [0.15, 0.2) is 60.7 Å². The zero-order chi connectivity index (χ0) is 23.5. The first-order chi connectivity index (χ1) is 15.1. The molecule has 1 atom stereocenters. The number of rotatable bonds is 6. The minimum absolute atomic E-state index is 0.124. The van der Waals surface area contributed by atoms with Crippen molar-refractivity contribution in [1.82, 2.24) is 4.98 Å². The normalized spacial score (nSPS) is 12.2. The van der Waals surface area contributed by atoms with Gasteiger partial charge in [-0.05, 0) is 40.2 Å². The molecule has 2 aromatic carbocycles. The SMILES string of the molecule is Cc1ccc(O[C@H](C(=O)Nc2cc(C(F)(F)F)ccc2Cl)c2ccccc2)c([N+](=O)[O-])n1. The van der Waals surface area contributed by atoms with E-state index in [1.807, 2.05) is 0 Å². The highest BCUT2D eigenvalue weighted by Crippen LogP contribution is 2.35. The molecule has 0 aliphatic heterocycles. The number of halogens is 4. The molecule has 11 heteroatoms. The Labute approximate surface area is 185 Å². The second-order valence-corrected chi connectivity index (χ2v) is 7.03. The molecule has 1 N–H and O–H groups in total. The maximum absolute atomic E-state index is 13.0. The van der Waals surface area contributed by atoms with Crippen molar-refractivity contribution in [2.45, 2.75) is 19.2 Å². The molecule has 32 heavy (non-hydrogen) atoms. The predicted molar refractivity (Wildman–Crippen MR) is 111 cm³/mol. The van der Waals surface area contributed by atoms with Gasteiger partial charge in [0.2, 0.25) is 11.9 Å². The fourth-order valence-corrected chi connectivity index (χ4v) is 2.94. The van der Waals surface area contributed by atoms with E-state index in [0.717, 1.165) is 12.1 Å². The third kappa shape index (κ3) is 5.33. The molecule has 7 nitrogen and oxygen atoms in total. The minimum Gasteiger partial charge on any atom is -0.467 e. The lowest BCUT2D eigenvalue weighted by molar-refractivity contribution is -0.390. The molecule has 0 bridgehead atoms. The summed E-state index contributed by atoms with van der Waals surface area (Å²) in [5.74, 6) is -1.76. The Bertz CT molecular complexity index is 1160. The molecule has 0 aliphatic rings. The number of aromatic nitrogens is 1. The van der Waals surface area contributed by atoms with Crippen molar-refractivity contribution in [2.75, 3.05) is 5.32 Å². The van der Waals surface area contributed by atoms with Crippen LogP contribution in [0.3, 0.4) is 0 Å². The van der Waals surface area contributed by atoms with Crippen LogP contribution in [-0.2, 0) is 11.0 Å².